The van der Waals surface area contributed by atoms with Gasteiger partial charge in [-0.3, -0.25) is 9.78 Å². The first-order valence-corrected chi connectivity index (χ1v) is 15.3. The van der Waals surface area contributed by atoms with Crippen LogP contribution in [-0.4, -0.2) is 60.6 Å². The van der Waals surface area contributed by atoms with Crippen molar-refractivity contribution in [1.82, 2.24) is 14.9 Å². The predicted molar refractivity (Wildman–Crippen MR) is 178 cm³/mol. The van der Waals surface area contributed by atoms with Crippen LogP contribution in [-0.2, 0) is 14.3 Å². The molecule has 6 rings (SSSR count). The molecule has 44 heavy (non-hydrogen) atoms. The van der Waals surface area contributed by atoms with Gasteiger partial charge >= 0.3 is 0 Å². The van der Waals surface area contributed by atoms with Crippen LogP contribution in [0.1, 0.15) is 40.3 Å². The normalized spacial score (nSPS) is 18.4. The molecule has 2 N–H and O–H groups in total. The van der Waals surface area contributed by atoms with Crippen LogP contribution in [0.2, 0.25) is 0 Å². The molecule has 1 amide bonds. The van der Waals surface area contributed by atoms with E-state index in [9.17, 15) is 4.79 Å². The first kappa shape index (κ1) is 29.8. The van der Waals surface area contributed by atoms with Gasteiger partial charge in [0.2, 0.25) is 5.91 Å². The summed E-state index contributed by atoms with van der Waals surface area (Å²) in [5.41, 5.74) is 9.30. The van der Waals surface area contributed by atoms with Crippen LogP contribution >= 0.6 is 12.2 Å². The van der Waals surface area contributed by atoms with Gasteiger partial charge < -0.3 is 34.5 Å². The summed E-state index contributed by atoms with van der Waals surface area (Å²) < 4.78 is 12.8. The van der Waals surface area contributed by atoms with Crippen molar-refractivity contribution in [3.05, 3.63) is 101 Å². The zero-order chi connectivity index (χ0) is 30.8. The number of nitrogens with one attached hydrogen (secondary N) is 2. The molecule has 0 aliphatic carbocycles. The molecule has 4 aromatic rings. The molecule has 0 radical (unpaired) electrons. The van der Waals surface area contributed by atoms with Crippen molar-refractivity contribution in [2.45, 2.75) is 32.9 Å². The molecular weight excluding hydrogens is 572 g/mol. The Bertz CT molecular complexity index is 1650. The molecule has 0 bridgehead atoms. The first-order valence-electron chi connectivity index (χ1n) is 14.9. The number of amides is 1. The van der Waals surface area contributed by atoms with Crippen molar-refractivity contribution in [3.8, 4) is 5.69 Å². The molecule has 10 heteroatoms. The highest BCUT2D eigenvalue weighted by molar-refractivity contribution is 7.80. The molecule has 2 aliphatic rings. The number of thiocarbonyl (C=S) groups is 1. The average Bonchev–Trinajstić information content (AvgIpc) is 3.53. The SMILES string of the molecule is COCC(=O)Nc1ccc(N2C(=S)NC(c3ccccn3)C2c2cc(C)n(-c3ccc(N4CCOCC4)cc3)c2C)cc1C. The van der Waals surface area contributed by atoms with Gasteiger partial charge in [0.1, 0.15) is 6.61 Å². The summed E-state index contributed by atoms with van der Waals surface area (Å²) in [7, 11) is 1.51. The van der Waals surface area contributed by atoms with Crippen molar-refractivity contribution in [2.75, 3.05) is 55.1 Å². The number of pyridine rings is 1. The zero-order valence-corrected chi connectivity index (χ0v) is 26.4. The Labute approximate surface area is 263 Å². The van der Waals surface area contributed by atoms with Gasteiger partial charge in [-0.2, -0.15) is 0 Å². The van der Waals surface area contributed by atoms with Gasteiger partial charge in [-0.15, -0.1) is 0 Å². The number of carbonyl (C=O) groups excluding carboxylic acids is 1. The van der Waals surface area contributed by atoms with Crippen LogP contribution in [0.25, 0.3) is 5.69 Å². The molecule has 2 fully saturated rings. The Balaban J connectivity index is 1.38. The number of morpholine rings is 1. The monoisotopic (exact) mass is 610 g/mol. The van der Waals surface area contributed by atoms with Gasteiger partial charge in [0.05, 0.1) is 31.0 Å². The fourth-order valence-corrected chi connectivity index (χ4v) is 6.67. The number of anilines is 3. The molecule has 4 heterocycles. The Morgan fingerprint density at radius 3 is 2.43 bits per heavy atom. The van der Waals surface area contributed by atoms with Crippen molar-refractivity contribution in [3.63, 3.8) is 0 Å². The molecule has 228 valence electrons. The van der Waals surface area contributed by atoms with Gasteiger partial charge in [-0.05, 0) is 105 Å². The van der Waals surface area contributed by atoms with Crippen molar-refractivity contribution < 1.29 is 14.3 Å². The molecule has 0 spiro atoms. The number of methoxy groups -OCH3 is 1. The highest BCUT2D eigenvalue weighted by atomic mass is 32.1. The number of ether oxygens (including phenoxy) is 2. The van der Waals surface area contributed by atoms with Crippen LogP contribution in [0.5, 0.6) is 0 Å². The Kier molecular flexibility index (Phi) is 8.65. The maximum absolute atomic E-state index is 12.2. The van der Waals surface area contributed by atoms with Crippen molar-refractivity contribution in [1.29, 1.82) is 0 Å². The largest absolute Gasteiger partial charge is 0.378 e. The van der Waals surface area contributed by atoms with Crippen LogP contribution in [0.3, 0.4) is 0 Å². The molecule has 2 aromatic heterocycles. The summed E-state index contributed by atoms with van der Waals surface area (Å²) in [4.78, 5) is 21.5. The number of carbonyl (C=O) groups is 1. The summed E-state index contributed by atoms with van der Waals surface area (Å²) in [5.74, 6) is -0.194. The molecule has 0 saturated carbocycles. The topological polar surface area (TPSA) is 83.9 Å². The van der Waals surface area contributed by atoms with Gasteiger partial charge in [0.15, 0.2) is 5.11 Å². The molecule has 2 aromatic carbocycles. The van der Waals surface area contributed by atoms with E-state index in [1.807, 2.05) is 43.5 Å². The van der Waals surface area contributed by atoms with E-state index in [0.29, 0.717) is 5.11 Å². The number of benzene rings is 2. The Hall–Kier alpha value is -4.25. The first-order chi connectivity index (χ1) is 21.4. The van der Waals surface area contributed by atoms with Crippen molar-refractivity contribution in [2.24, 2.45) is 0 Å². The smallest absolute Gasteiger partial charge is 0.250 e. The van der Waals surface area contributed by atoms with Crippen LogP contribution in [0.15, 0.2) is 72.9 Å². The summed E-state index contributed by atoms with van der Waals surface area (Å²) in [5, 5.41) is 7.13. The number of aromatic nitrogens is 2. The fraction of sp³-hybridized carbons (Fsp3) is 0.324. The van der Waals surface area contributed by atoms with E-state index < -0.39 is 0 Å². The summed E-state index contributed by atoms with van der Waals surface area (Å²) in [6, 6.07) is 22.7. The minimum absolute atomic E-state index is 0.000707. The van der Waals surface area contributed by atoms with Gasteiger partial charge in [-0.1, -0.05) is 6.07 Å². The number of hydrogen-bond acceptors (Lipinski definition) is 6. The van der Waals surface area contributed by atoms with Crippen LogP contribution in [0.4, 0.5) is 17.1 Å². The Morgan fingerprint density at radius 2 is 1.75 bits per heavy atom. The summed E-state index contributed by atoms with van der Waals surface area (Å²) >= 11 is 5.99. The third kappa shape index (κ3) is 5.80. The van der Waals surface area contributed by atoms with E-state index in [1.54, 1.807) is 0 Å². The van der Waals surface area contributed by atoms with Gasteiger partial charge in [0, 0.05) is 60.5 Å². The van der Waals surface area contributed by atoms with Crippen LogP contribution in [0, 0.1) is 20.8 Å². The predicted octanol–water partition coefficient (Wildman–Crippen LogP) is 5.40. The maximum Gasteiger partial charge on any atom is 0.250 e. The van der Waals surface area contributed by atoms with Gasteiger partial charge in [0.25, 0.3) is 0 Å². The molecule has 2 atom stereocenters. The number of nitrogens with zero attached hydrogens (tertiary/aromatic N) is 4. The van der Waals surface area contributed by atoms with E-state index in [2.05, 4.69) is 75.2 Å². The highest BCUT2D eigenvalue weighted by Crippen LogP contribution is 2.44. The fourth-order valence-electron chi connectivity index (χ4n) is 6.32. The van der Waals surface area contributed by atoms with E-state index in [4.69, 9.17) is 26.7 Å². The number of aryl methyl sites for hydroxylation is 2. The second-order valence-electron chi connectivity index (χ2n) is 11.3. The third-order valence-electron chi connectivity index (χ3n) is 8.41. The quantitative estimate of drug-likeness (QED) is 0.257. The average molecular weight is 611 g/mol. The third-order valence-corrected chi connectivity index (χ3v) is 8.72. The van der Waals surface area contributed by atoms with Gasteiger partial charge in [-0.25, -0.2) is 0 Å². The molecule has 2 saturated heterocycles. The minimum Gasteiger partial charge on any atom is -0.378 e. The van der Waals surface area contributed by atoms with E-state index in [0.717, 1.165) is 71.6 Å². The lowest BCUT2D eigenvalue weighted by molar-refractivity contribution is -0.119. The number of rotatable bonds is 8. The maximum atomic E-state index is 12.2. The molecule has 2 aliphatic heterocycles. The van der Waals surface area contributed by atoms with Crippen molar-refractivity contribution >= 4 is 40.3 Å². The standard InChI is InChI=1S/C34H38N6O3S/c1-22-19-27(12-13-29(22)36-31(41)21-42-4)40-33(32(37-34(40)44)30-7-5-6-14-35-30)28-20-23(2)39(24(28)3)26-10-8-25(9-11-26)38-15-17-43-18-16-38/h5-14,19-20,32-33H,15-18,21H2,1-4H3,(H,36,41)(H,37,44). The van der Waals surface area contributed by atoms with E-state index in [1.165, 1.54) is 12.8 Å². The van der Waals surface area contributed by atoms with E-state index >= 15 is 0 Å². The lowest BCUT2D eigenvalue weighted by atomic mass is 9.96. The van der Waals surface area contributed by atoms with E-state index in [-0.39, 0.29) is 24.6 Å². The highest BCUT2D eigenvalue weighted by Gasteiger charge is 2.42. The molecular formula is C34H38N6O3S. The second-order valence-corrected chi connectivity index (χ2v) is 11.6. The number of hydrogen-bond donors (Lipinski definition) is 2. The summed E-state index contributed by atoms with van der Waals surface area (Å²) in [6.45, 7) is 9.64. The zero-order valence-electron chi connectivity index (χ0n) is 25.5. The molecule has 9 nitrogen and oxygen atoms in total. The van der Waals surface area contributed by atoms with Crippen LogP contribution < -0.4 is 20.4 Å². The lowest BCUT2D eigenvalue weighted by Crippen LogP contribution is -2.36. The lowest BCUT2D eigenvalue weighted by Gasteiger charge is -2.29. The Morgan fingerprint density at radius 1 is 1.02 bits per heavy atom. The minimum atomic E-state index is -0.194. The molecule has 2 unspecified atom stereocenters. The summed E-state index contributed by atoms with van der Waals surface area (Å²) in [6.07, 6.45) is 1.82. The second kappa shape index (κ2) is 12.8.